The number of hydrogen-bond acceptors (Lipinski definition) is 5. The van der Waals surface area contributed by atoms with Crippen LogP contribution in [-0.2, 0) is 4.79 Å². The highest BCUT2D eigenvalue weighted by molar-refractivity contribution is 8.00. The highest BCUT2D eigenvalue weighted by atomic mass is 35.5. The van der Waals surface area contributed by atoms with Gasteiger partial charge in [0.1, 0.15) is 5.82 Å². The van der Waals surface area contributed by atoms with E-state index in [9.17, 15) is 9.18 Å². The predicted molar refractivity (Wildman–Crippen MR) is 101 cm³/mol. The first-order valence-corrected chi connectivity index (χ1v) is 8.90. The summed E-state index contributed by atoms with van der Waals surface area (Å²) in [4.78, 5) is 12.4. The molecule has 3 N–H and O–H groups in total. The maximum Gasteiger partial charge on any atom is 0.237 e. The number of carbonyl (C=O) groups is 1. The number of thioether (sulfide) groups is 1. The van der Waals surface area contributed by atoms with Crippen molar-refractivity contribution in [2.45, 2.75) is 17.3 Å². The molecule has 0 aliphatic heterocycles. The molecule has 1 atom stereocenters. The second kappa shape index (κ2) is 7.76. The van der Waals surface area contributed by atoms with Gasteiger partial charge in [-0.3, -0.25) is 4.79 Å². The zero-order valence-electron chi connectivity index (χ0n) is 13.7. The number of nitrogens with two attached hydrogens (primary N) is 1. The molecule has 3 rings (SSSR count). The largest absolute Gasteiger partial charge is 0.335 e. The average Bonchev–Trinajstić information content (AvgIpc) is 2.98. The summed E-state index contributed by atoms with van der Waals surface area (Å²) in [6.45, 7) is 1.73. The summed E-state index contributed by atoms with van der Waals surface area (Å²) >= 11 is 7.20. The number of amides is 1. The van der Waals surface area contributed by atoms with Crippen molar-refractivity contribution in [1.82, 2.24) is 14.9 Å². The Morgan fingerprint density at radius 3 is 2.62 bits per heavy atom. The molecule has 1 unspecified atom stereocenters. The molecule has 1 heterocycles. The Morgan fingerprint density at radius 2 is 1.92 bits per heavy atom. The summed E-state index contributed by atoms with van der Waals surface area (Å²) in [5.41, 5.74) is 1.16. The van der Waals surface area contributed by atoms with Gasteiger partial charge in [0.05, 0.1) is 16.0 Å². The lowest BCUT2D eigenvalue weighted by Gasteiger charge is -2.12. The summed E-state index contributed by atoms with van der Waals surface area (Å²) < 4.78 is 14.3. The van der Waals surface area contributed by atoms with E-state index in [-0.39, 0.29) is 11.7 Å². The van der Waals surface area contributed by atoms with Gasteiger partial charge < -0.3 is 11.2 Å². The predicted octanol–water partition coefficient (Wildman–Crippen LogP) is 3.57. The SMILES string of the molecule is CC(Sc1nnc(-c2ccc(F)cc2)n1N)C(=O)Nc1ccccc1Cl. The second-order valence-electron chi connectivity index (χ2n) is 5.41. The van der Waals surface area contributed by atoms with Crippen LogP contribution in [0, 0.1) is 5.82 Å². The monoisotopic (exact) mass is 391 g/mol. The Hall–Kier alpha value is -2.58. The van der Waals surface area contributed by atoms with Gasteiger partial charge in [-0.2, -0.15) is 0 Å². The molecule has 134 valence electrons. The summed E-state index contributed by atoms with van der Waals surface area (Å²) in [6, 6.07) is 12.7. The Morgan fingerprint density at radius 1 is 1.23 bits per heavy atom. The molecule has 2 aromatic carbocycles. The summed E-state index contributed by atoms with van der Waals surface area (Å²) in [6.07, 6.45) is 0. The van der Waals surface area contributed by atoms with Crippen LogP contribution >= 0.6 is 23.4 Å². The van der Waals surface area contributed by atoms with Crippen LogP contribution in [0.5, 0.6) is 0 Å². The van der Waals surface area contributed by atoms with Gasteiger partial charge in [0.2, 0.25) is 11.1 Å². The summed E-state index contributed by atoms with van der Waals surface area (Å²) in [5, 5.41) is 11.1. The number of hydrogen-bond donors (Lipinski definition) is 2. The van der Waals surface area contributed by atoms with E-state index < -0.39 is 5.25 Å². The van der Waals surface area contributed by atoms with Crippen LogP contribution in [0.15, 0.2) is 53.7 Å². The molecule has 3 aromatic rings. The fourth-order valence-corrected chi connectivity index (χ4v) is 3.11. The van der Waals surface area contributed by atoms with Gasteiger partial charge >= 0.3 is 0 Å². The molecule has 9 heteroatoms. The van der Waals surface area contributed by atoms with E-state index >= 15 is 0 Å². The highest BCUT2D eigenvalue weighted by Crippen LogP contribution is 2.27. The number of para-hydroxylation sites is 1. The number of nitrogens with one attached hydrogen (secondary N) is 1. The first-order valence-electron chi connectivity index (χ1n) is 7.64. The molecular weight excluding hydrogens is 377 g/mol. The number of benzene rings is 2. The van der Waals surface area contributed by atoms with Crippen LogP contribution < -0.4 is 11.2 Å². The van der Waals surface area contributed by atoms with Crippen molar-refractivity contribution >= 4 is 35.0 Å². The first kappa shape index (κ1) is 18.2. The third-order valence-corrected chi connectivity index (χ3v) is 4.94. The Balaban J connectivity index is 1.71. The standard InChI is InChI=1S/C17H15ClFN5OS/c1-10(16(25)21-14-5-3-2-4-13(14)18)26-17-23-22-15(24(17)20)11-6-8-12(19)9-7-11/h2-10H,20H2,1H3,(H,21,25). The normalized spacial score (nSPS) is 12.0. The van der Waals surface area contributed by atoms with Crippen LogP contribution in [0.4, 0.5) is 10.1 Å². The number of nitrogen functional groups attached to an aromatic ring is 1. The highest BCUT2D eigenvalue weighted by Gasteiger charge is 2.20. The molecule has 0 radical (unpaired) electrons. The third-order valence-electron chi connectivity index (χ3n) is 3.55. The Kier molecular flexibility index (Phi) is 5.43. The number of halogens is 2. The summed E-state index contributed by atoms with van der Waals surface area (Å²) in [5.74, 6) is 5.81. The van der Waals surface area contributed by atoms with Gasteiger partial charge in [0.25, 0.3) is 0 Å². The lowest BCUT2D eigenvalue weighted by atomic mass is 10.2. The van der Waals surface area contributed by atoms with Crippen LogP contribution in [0.2, 0.25) is 5.02 Å². The Labute approximate surface area is 158 Å². The van der Waals surface area contributed by atoms with Crippen molar-refractivity contribution in [3.63, 3.8) is 0 Å². The number of nitrogens with zero attached hydrogens (tertiary/aromatic N) is 3. The molecular formula is C17H15ClFN5OS. The van der Waals surface area contributed by atoms with E-state index in [2.05, 4.69) is 15.5 Å². The van der Waals surface area contributed by atoms with E-state index in [1.165, 1.54) is 16.8 Å². The van der Waals surface area contributed by atoms with Crippen molar-refractivity contribution in [3.8, 4) is 11.4 Å². The molecule has 0 fully saturated rings. The van der Waals surface area contributed by atoms with Crippen LogP contribution in [0.1, 0.15) is 6.92 Å². The fourth-order valence-electron chi connectivity index (χ4n) is 2.16. The van der Waals surface area contributed by atoms with E-state index in [0.717, 1.165) is 11.8 Å². The Bertz CT molecular complexity index is 931. The molecule has 0 saturated heterocycles. The molecule has 6 nitrogen and oxygen atoms in total. The molecule has 1 amide bonds. The third kappa shape index (κ3) is 3.97. The average molecular weight is 392 g/mol. The molecule has 26 heavy (non-hydrogen) atoms. The van der Waals surface area contributed by atoms with Gasteiger partial charge in [-0.15, -0.1) is 10.2 Å². The van der Waals surface area contributed by atoms with Crippen molar-refractivity contribution in [1.29, 1.82) is 0 Å². The first-order chi connectivity index (χ1) is 12.5. The maximum absolute atomic E-state index is 13.0. The number of carbonyl (C=O) groups excluding carboxylic acids is 1. The molecule has 0 aliphatic rings. The summed E-state index contributed by atoms with van der Waals surface area (Å²) in [7, 11) is 0. The molecule has 0 bridgehead atoms. The minimum Gasteiger partial charge on any atom is -0.335 e. The molecule has 0 aliphatic carbocycles. The topological polar surface area (TPSA) is 85.8 Å². The van der Waals surface area contributed by atoms with Crippen LogP contribution in [0.3, 0.4) is 0 Å². The quantitative estimate of drug-likeness (QED) is 0.513. The minimum absolute atomic E-state index is 0.241. The lowest BCUT2D eigenvalue weighted by Crippen LogP contribution is -2.23. The second-order valence-corrected chi connectivity index (χ2v) is 7.13. The fraction of sp³-hybridized carbons (Fsp3) is 0.118. The minimum atomic E-state index is -0.487. The number of aromatic nitrogens is 3. The lowest BCUT2D eigenvalue weighted by molar-refractivity contribution is -0.115. The van der Waals surface area contributed by atoms with Crippen molar-refractivity contribution in [2.75, 3.05) is 11.2 Å². The molecule has 0 saturated carbocycles. The van der Waals surface area contributed by atoms with Gasteiger partial charge in [0.15, 0.2) is 5.82 Å². The zero-order chi connectivity index (χ0) is 18.7. The van der Waals surface area contributed by atoms with Crippen molar-refractivity contribution < 1.29 is 9.18 Å². The van der Waals surface area contributed by atoms with E-state index in [1.807, 2.05) is 0 Å². The van der Waals surface area contributed by atoms with E-state index in [4.69, 9.17) is 17.4 Å². The zero-order valence-corrected chi connectivity index (χ0v) is 15.3. The molecule has 0 spiro atoms. The van der Waals surface area contributed by atoms with Gasteiger partial charge in [-0.1, -0.05) is 35.5 Å². The maximum atomic E-state index is 13.0. The van der Waals surface area contributed by atoms with E-state index in [1.54, 1.807) is 43.3 Å². The van der Waals surface area contributed by atoms with Crippen molar-refractivity contribution in [2.24, 2.45) is 0 Å². The van der Waals surface area contributed by atoms with Gasteiger partial charge in [0, 0.05) is 5.56 Å². The molecule has 1 aromatic heterocycles. The van der Waals surface area contributed by atoms with Gasteiger partial charge in [-0.25, -0.2) is 9.07 Å². The van der Waals surface area contributed by atoms with Crippen LogP contribution in [0.25, 0.3) is 11.4 Å². The number of anilines is 1. The van der Waals surface area contributed by atoms with Crippen molar-refractivity contribution in [3.05, 3.63) is 59.4 Å². The van der Waals surface area contributed by atoms with Gasteiger partial charge in [-0.05, 0) is 43.3 Å². The number of rotatable bonds is 5. The van der Waals surface area contributed by atoms with Crippen LogP contribution in [-0.4, -0.2) is 26.0 Å². The van der Waals surface area contributed by atoms with E-state index in [0.29, 0.717) is 27.3 Å². The smallest absolute Gasteiger partial charge is 0.237 e.